The molecule has 0 aromatic heterocycles. The van der Waals surface area contributed by atoms with E-state index in [0.717, 1.165) is 0 Å². The Morgan fingerprint density at radius 2 is 1.95 bits per heavy atom. The molecule has 1 aromatic rings. The highest BCUT2D eigenvalue weighted by molar-refractivity contribution is 7.80. The monoisotopic (exact) mass is 334 g/mol. The van der Waals surface area contributed by atoms with Crippen LogP contribution in [0.1, 0.15) is 20.3 Å². The minimum atomic E-state index is -0.263. The number of halogens is 2. The van der Waals surface area contributed by atoms with E-state index >= 15 is 0 Å². The van der Waals surface area contributed by atoms with Crippen molar-refractivity contribution in [2.75, 3.05) is 11.9 Å². The van der Waals surface area contributed by atoms with Gasteiger partial charge in [-0.3, -0.25) is 4.79 Å². The van der Waals surface area contributed by atoms with Gasteiger partial charge in [0, 0.05) is 21.8 Å². The maximum Gasteiger partial charge on any atom is 0.307 e. The van der Waals surface area contributed by atoms with Crippen LogP contribution >= 0.6 is 35.4 Å². The fraction of sp³-hybridized carbons (Fsp3) is 0.385. The molecule has 0 aliphatic rings. The maximum absolute atomic E-state index is 11.3. The Balaban J connectivity index is 2.48. The zero-order valence-corrected chi connectivity index (χ0v) is 13.5. The van der Waals surface area contributed by atoms with E-state index in [-0.39, 0.29) is 18.4 Å². The van der Waals surface area contributed by atoms with Gasteiger partial charge in [0.2, 0.25) is 0 Å². The Bertz CT molecular complexity index is 477. The number of carbonyl (C=O) groups is 1. The van der Waals surface area contributed by atoms with Crippen LogP contribution in [0.2, 0.25) is 10.0 Å². The minimum Gasteiger partial charge on any atom is -0.466 e. The van der Waals surface area contributed by atoms with Gasteiger partial charge in [0.1, 0.15) is 0 Å². The predicted molar refractivity (Wildman–Crippen MR) is 86.5 cm³/mol. The molecule has 7 heteroatoms. The number of thiocarbonyl (C=S) groups is 1. The molecule has 0 heterocycles. The molecule has 0 aliphatic heterocycles. The highest BCUT2D eigenvalue weighted by Gasteiger charge is 2.11. The third-order valence-electron chi connectivity index (χ3n) is 2.28. The summed E-state index contributed by atoms with van der Waals surface area (Å²) >= 11 is 16.9. The van der Waals surface area contributed by atoms with Gasteiger partial charge in [-0.2, -0.15) is 0 Å². The van der Waals surface area contributed by atoms with E-state index in [2.05, 4.69) is 10.6 Å². The first-order chi connectivity index (χ1) is 9.40. The van der Waals surface area contributed by atoms with Gasteiger partial charge in [0.05, 0.1) is 13.0 Å². The first-order valence-corrected chi connectivity index (χ1v) is 7.26. The van der Waals surface area contributed by atoms with Crippen molar-refractivity contribution < 1.29 is 9.53 Å². The zero-order valence-electron chi connectivity index (χ0n) is 11.2. The molecule has 0 saturated carbocycles. The van der Waals surface area contributed by atoms with E-state index in [9.17, 15) is 4.79 Å². The largest absolute Gasteiger partial charge is 0.466 e. The summed E-state index contributed by atoms with van der Waals surface area (Å²) in [6.07, 6.45) is 0.242. The molecular formula is C13H16Cl2N2O2S. The fourth-order valence-corrected chi connectivity index (χ4v) is 2.38. The summed E-state index contributed by atoms with van der Waals surface area (Å²) in [6.45, 7) is 3.98. The Kier molecular flexibility index (Phi) is 7.05. The molecule has 110 valence electrons. The fourth-order valence-electron chi connectivity index (χ4n) is 1.54. The van der Waals surface area contributed by atoms with E-state index in [4.69, 9.17) is 40.2 Å². The summed E-state index contributed by atoms with van der Waals surface area (Å²) in [5.74, 6) is -0.263. The van der Waals surface area contributed by atoms with E-state index in [1.54, 1.807) is 25.1 Å². The standard InChI is InChI=1S/C13H16Cl2N2O2S/c1-3-19-12(18)4-8(2)16-13(20)17-11-6-9(14)5-10(15)7-11/h5-8H,3-4H2,1-2H3,(H2,16,17,20). The molecule has 4 nitrogen and oxygen atoms in total. The topological polar surface area (TPSA) is 50.4 Å². The third kappa shape index (κ3) is 6.41. The van der Waals surface area contributed by atoms with Crippen LogP contribution in [0.3, 0.4) is 0 Å². The molecule has 20 heavy (non-hydrogen) atoms. The number of carbonyl (C=O) groups excluding carboxylic acids is 1. The van der Waals surface area contributed by atoms with E-state index < -0.39 is 0 Å². The molecule has 0 fully saturated rings. The smallest absolute Gasteiger partial charge is 0.307 e. The van der Waals surface area contributed by atoms with Crippen LogP contribution in [0.5, 0.6) is 0 Å². The van der Waals surface area contributed by atoms with E-state index in [0.29, 0.717) is 27.5 Å². The normalized spacial score (nSPS) is 11.6. The molecular weight excluding hydrogens is 319 g/mol. The molecule has 2 N–H and O–H groups in total. The maximum atomic E-state index is 11.3. The highest BCUT2D eigenvalue weighted by Crippen LogP contribution is 2.22. The SMILES string of the molecule is CCOC(=O)CC(C)NC(=S)Nc1cc(Cl)cc(Cl)c1. The molecule has 1 unspecified atom stereocenters. The quantitative estimate of drug-likeness (QED) is 0.636. The van der Waals surface area contributed by atoms with Crippen molar-refractivity contribution in [2.45, 2.75) is 26.3 Å². The molecule has 0 amide bonds. The summed E-state index contributed by atoms with van der Waals surface area (Å²) in [5.41, 5.74) is 0.684. The lowest BCUT2D eigenvalue weighted by Gasteiger charge is -2.16. The highest BCUT2D eigenvalue weighted by atomic mass is 35.5. The summed E-state index contributed by atoms with van der Waals surface area (Å²) in [5, 5.41) is 7.37. The van der Waals surface area contributed by atoms with Crippen molar-refractivity contribution in [2.24, 2.45) is 0 Å². The summed E-state index contributed by atoms with van der Waals surface area (Å²) in [7, 11) is 0. The average Bonchev–Trinajstić information content (AvgIpc) is 2.26. The lowest BCUT2D eigenvalue weighted by atomic mass is 10.2. The van der Waals surface area contributed by atoms with Crippen LogP contribution in [0.25, 0.3) is 0 Å². The summed E-state index contributed by atoms with van der Waals surface area (Å²) in [4.78, 5) is 11.3. The van der Waals surface area contributed by atoms with Gasteiger partial charge in [-0.15, -0.1) is 0 Å². The van der Waals surface area contributed by atoms with Crippen molar-refractivity contribution in [1.29, 1.82) is 0 Å². The van der Waals surface area contributed by atoms with Crippen LogP contribution in [-0.4, -0.2) is 23.7 Å². The van der Waals surface area contributed by atoms with Gasteiger partial charge in [0.15, 0.2) is 5.11 Å². The third-order valence-corrected chi connectivity index (χ3v) is 2.93. The first kappa shape index (κ1) is 17.0. The minimum absolute atomic E-state index is 0.135. The van der Waals surface area contributed by atoms with Crippen molar-refractivity contribution in [3.05, 3.63) is 28.2 Å². The molecule has 0 bridgehead atoms. The van der Waals surface area contributed by atoms with Crippen molar-refractivity contribution in [3.63, 3.8) is 0 Å². The van der Waals surface area contributed by atoms with Crippen LogP contribution in [0, 0.1) is 0 Å². The number of hydrogen-bond donors (Lipinski definition) is 2. The second kappa shape index (κ2) is 8.29. The second-order valence-electron chi connectivity index (χ2n) is 4.17. The van der Waals surface area contributed by atoms with Gasteiger partial charge in [-0.1, -0.05) is 23.2 Å². The van der Waals surface area contributed by atoms with Crippen LogP contribution in [-0.2, 0) is 9.53 Å². The Morgan fingerprint density at radius 1 is 1.35 bits per heavy atom. The van der Waals surface area contributed by atoms with Gasteiger partial charge in [0.25, 0.3) is 0 Å². The van der Waals surface area contributed by atoms with Gasteiger partial charge >= 0.3 is 5.97 Å². The second-order valence-corrected chi connectivity index (χ2v) is 5.45. The van der Waals surface area contributed by atoms with Crippen LogP contribution in [0.15, 0.2) is 18.2 Å². The molecule has 1 rings (SSSR count). The van der Waals surface area contributed by atoms with Gasteiger partial charge in [-0.25, -0.2) is 0 Å². The number of nitrogens with one attached hydrogen (secondary N) is 2. The van der Waals surface area contributed by atoms with Gasteiger partial charge < -0.3 is 15.4 Å². The lowest BCUT2D eigenvalue weighted by Crippen LogP contribution is -2.37. The van der Waals surface area contributed by atoms with Crippen LogP contribution in [0.4, 0.5) is 5.69 Å². The molecule has 0 radical (unpaired) electrons. The number of rotatable bonds is 5. The van der Waals surface area contributed by atoms with E-state index in [1.165, 1.54) is 0 Å². The molecule has 1 aromatic carbocycles. The molecule has 0 saturated heterocycles. The lowest BCUT2D eigenvalue weighted by molar-refractivity contribution is -0.143. The summed E-state index contributed by atoms with van der Waals surface area (Å²) in [6, 6.07) is 4.91. The van der Waals surface area contributed by atoms with Crippen molar-refractivity contribution >= 4 is 52.2 Å². The van der Waals surface area contributed by atoms with E-state index in [1.807, 2.05) is 6.92 Å². The molecule has 1 atom stereocenters. The van der Waals surface area contributed by atoms with Gasteiger partial charge in [-0.05, 0) is 44.3 Å². The van der Waals surface area contributed by atoms with Crippen molar-refractivity contribution in [1.82, 2.24) is 5.32 Å². The zero-order chi connectivity index (χ0) is 15.1. The Labute approximate surface area is 133 Å². The van der Waals surface area contributed by atoms with Crippen molar-refractivity contribution in [3.8, 4) is 0 Å². The summed E-state index contributed by atoms with van der Waals surface area (Å²) < 4.78 is 4.87. The number of ether oxygens (including phenoxy) is 1. The molecule has 0 spiro atoms. The number of esters is 1. The Morgan fingerprint density at radius 3 is 2.50 bits per heavy atom. The first-order valence-electron chi connectivity index (χ1n) is 6.10. The molecule has 0 aliphatic carbocycles. The number of hydrogen-bond acceptors (Lipinski definition) is 3. The predicted octanol–water partition coefficient (Wildman–Crippen LogP) is 3.62. The number of benzene rings is 1. The van der Waals surface area contributed by atoms with Crippen LogP contribution < -0.4 is 10.6 Å². The average molecular weight is 335 g/mol. The number of anilines is 1. The Hall–Kier alpha value is -1.04.